The monoisotopic (exact) mass is 386 g/mol. The maximum atomic E-state index is 11.7. The number of hydrogen-bond acceptors (Lipinski definition) is 7. The minimum Gasteiger partial charge on any atom is -0.478 e. The van der Waals surface area contributed by atoms with Gasteiger partial charge in [-0.15, -0.1) is 0 Å². The molecule has 26 heavy (non-hydrogen) atoms. The molecule has 0 radical (unpaired) electrons. The predicted molar refractivity (Wildman–Crippen MR) is 88.9 cm³/mol. The lowest BCUT2D eigenvalue weighted by atomic mass is 10.1. The van der Waals surface area contributed by atoms with Crippen LogP contribution in [0, 0.1) is 0 Å². The number of amides is 2. The highest BCUT2D eigenvalue weighted by molar-refractivity contribution is 6.43. The molecule has 0 spiro atoms. The lowest BCUT2D eigenvalue weighted by Crippen LogP contribution is -2.27. The molecule has 10 nitrogen and oxygen atoms in total. The number of halogens is 1. The lowest BCUT2D eigenvalue weighted by Gasteiger charge is -2.13. The number of carbonyl (C=O) groups excluding carboxylic acids is 4. The minimum absolute atomic E-state index is 0.0456. The van der Waals surface area contributed by atoms with Crippen molar-refractivity contribution in [1.82, 2.24) is 0 Å². The number of carbonyl (C=O) groups is 5. The molecule has 140 valence electrons. The number of carboxylic acid groups (broad SMARTS) is 1. The molecule has 1 rings (SSSR count). The van der Waals surface area contributed by atoms with Gasteiger partial charge in [0.05, 0.1) is 35.2 Å². The van der Waals surface area contributed by atoms with Gasteiger partial charge >= 0.3 is 29.7 Å². The van der Waals surface area contributed by atoms with E-state index in [0.717, 1.165) is 12.1 Å². The Hall–Kier alpha value is -3.14. The maximum Gasteiger partial charge on any atom is 0.397 e. The van der Waals surface area contributed by atoms with Crippen LogP contribution in [0.3, 0.4) is 0 Å². The van der Waals surface area contributed by atoms with Gasteiger partial charge < -0.3 is 25.2 Å². The Balaban J connectivity index is 3.19. The topological polar surface area (TPSA) is 148 Å². The number of anilines is 2. The zero-order chi connectivity index (χ0) is 19.9. The van der Waals surface area contributed by atoms with Crippen molar-refractivity contribution in [1.29, 1.82) is 0 Å². The number of benzene rings is 1. The van der Waals surface area contributed by atoms with Crippen LogP contribution in [0.5, 0.6) is 0 Å². The summed E-state index contributed by atoms with van der Waals surface area (Å²) in [6, 6.07) is 1.95. The minimum atomic E-state index is -1.40. The quantitative estimate of drug-likeness (QED) is 0.502. The molecule has 0 saturated heterocycles. The molecule has 11 heteroatoms. The van der Waals surface area contributed by atoms with Gasteiger partial charge in [-0.2, -0.15) is 0 Å². The van der Waals surface area contributed by atoms with Gasteiger partial charge in [0, 0.05) is 0 Å². The smallest absolute Gasteiger partial charge is 0.397 e. The van der Waals surface area contributed by atoms with Gasteiger partial charge in [-0.25, -0.2) is 14.4 Å². The number of nitrogens with one attached hydrogen (secondary N) is 2. The molecular weight excluding hydrogens is 372 g/mol. The summed E-state index contributed by atoms with van der Waals surface area (Å²) in [5.41, 5.74) is -0.916. The second-order valence-electron chi connectivity index (χ2n) is 4.54. The Bertz CT molecular complexity index is 709. The normalized spacial score (nSPS) is 9.81. The van der Waals surface area contributed by atoms with Crippen molar-refractivity contribution in [2.45, 2.75) is 13.8 Å². The predicted octanol–water partition coefficient (Wildman–Crippen LogP) is 1.04. The van der Waals surface area contributed by atoms with Crippen LogP contribution < -0.4 is 10.6 Å². The summed E-state index contributed by atoms with van der Waals surface area (Å²) in [5, 5.41) is 13.0. The van der Waals surface area contributed by atoms with E-state index in [1.165, 1.54) is 13.8 Å². The molecule has 0 aromatic heterocycles. The summed E-state index contributed by atoms with van der Waals surface area (Å²) < 4.78 is 9.01. The van der Waals surface area contributed by atoms with Crippen molar-refractivity contribution in [2.75, 3.05) is 23.8 Å². The fraction of sp³-hybridized carbons (Fsp3) is 0.267. The van der Waals surface area contributed by atoms with E-state index in [9.17, 15) is 24.0 Å². The van der Waals surface area contributed by atoms with E-state index in [2.05, 4.69) is 20.1 Å². The van der Waals surface area contributed by atoms with Gasteiger partial charge in [0.25, 0.3) is 0 Å². The van der Waals surface area contributed by atoms with Gasteiger partial charge in [0.2, 0.25) is 0 Å². The van der Waals surface area contributed by atoms with E-state index < -0.39 is 29.7 Å². The van der Waals surface area contributed by atoms with Crippen molar-refractivity contribution in [2.24, 2.45) is 0 Å². The average Bonchev–Trinajstić information content (AvgIpc) is 2.58. The van der Waals surface area contributed by atoms with Crippen molar-refractivity contribution in [3.05, 3.63) is 22.7 Å². The third kappa shape index (κ3) is 5.45. The van der Waals surface area contributed by atoms with Crippen LogP contribution in [0.4, 0.5) is 11.4 Å². The molecule has 0 heterocycles. The first-order chi connectivity index (χ1) is 12.2. The Morgan fingerprint density at radius 3 is 1.62 bits per heavy atom. The van der Waals surface area contributed by atoms with E-state index >= 15 is 0 Å². The fourth-order valence-corrected chi connectivity index (χ4v) is 1.87. The zero-order valence-corrected chi connectivity index (χ0v) is 14.5. The highest BCUT2D eigenvalue weighted by atomic mass is 35.5. The average molecular weight is 387 g/mol. The largest absolute Gasteiger partial charge is 0.478 e. The third-order valence-electron chi connectivity index (χ3n) is 2.74. The number of rotatable bonds is 5. The van der Waals surface area contributed by atoms with Crippen molar-refractivity contribution < 1.29 is 38.6 Å². The Morgan fingerprint density at radius 2 is 1.31 bits per heavy atom. The van der Waals surface area contributed by atoms with E-state index in [1.807, 2.05) is 0 Å². The summed E-state index contributed by atoms with van der Waals surface area (Å²) in [6.07, 6.45) is 0. The van der Waals surface area contributed by atoms with Crippen LogP contribution in [0.2, 0.25) is 5.02 Å². The Labute approximate surface area is 152 Å². The number of esters is 2. The first-order valence-corrected chi connectivity index (χ1v) is 7.62. The summed E-state index contributed by atoms with van der Waals surface area (Å²) in [6.45, 7) is 2.89. The van der Waals surface area contributed by atoms with Crippen LogP contribution in [-0.2, 0) is 28.7 Å². The molecule has 0 atom stereocenters. The van der Waals surface area contributed by atoms with Crippen LogP contribution in [0.1, 0.15) is 24.2 Å². The van der Waals surface area contributed by atoms with Crippen molar-refractivity contribution in [3.63, 3.8) is 0 Å². The maximum absolute atomic E-state index is 11.7. The van der Waals surface area contributed by atoms with Gasteiger partial charge in [-0.05, 0) is 26.0 Å². The second-order valence-corrected chi connectivity index (χ2v) is 4.92. The molecule has 0 aliphatic carbocycles. The number of hydrogen-bond donors (Lipinski definition) is 3. The summed E-state index contributed by atoms with van der Waals surface area (Å²) in [7, 11) is 0. The van der Waals surface area contributed by atoms with Crippen LogP contribution in [0.25, 0.3) is 0 Å². The molecule has 0 unspecified atom stereocenters. The molecule has 0 aliphatic rings. The molecule has 0 bridgehead atoms. The Morgan fingerprint density at radius 1 is 0.923 bits per heavy atom. The molecule has 0 aliphatic heterocycles. The van der Waals surface area contributed by atoms with Crippen LogP contribution in [0.15, 0.2) is 12.1 Å². The SMILES string of the molecule is CCOC(=O)C(=O)Nc1cc(C(=O)O)cc(NC(=O)C(=O)OCC)c1Cl. The molecular formula is C15H15ClN2O8. The van der Waals surface area contributed by atoms with Crippen molar-refractivity contribution >= 4 is 52.7 Å². The first kappa shape index (κ1) is 20.9. The molecule has 1 aromatic rings. The van der Waals surface area contributed by atoms with E-state index in [-0.39, 0.29) is 35.2 Å². The number of carboxylic acids is 1. The van der Waals surface area contributed by atoms with Crippen molar-refractivity contribution in [3.8, 4) is 0 Å². The third-order valence-corrected chi connectivity index (χ3v) is 3.14. The molecule has 0 fully saturated rings. The standard InChI is InChI=1S/C15H15ClN2O8/c1-3-25-14(23)11(19)17-8-5-7(13(21)22)6-9(10(8)16)18-12(20)15(24)26-4-2/h5-6H,3-4H2,1-2H3,(H,17,19)(H,18,20)(H,21,22). The van der Waals surface area contributed by atoms with Gasteiger partial charge in [0.15, 0.2) is 0 Å². The first-order valence-electron chi connectivity index (χ1n) is 7.24. The van der Waals surface area contributed by atoms with Crippen LogP contribution in [-0.4, -0.2) is 48.0 Å². The van der Waals surface area contributed by atoms with Gasteiger partial charge in [0.1, 0.15) is 0 Å². The number of aromatic carboxylic acids is 1. The van der Waals surface area contributed by atoms with Gasteiger partial charge in [-0.3, -0.25) is 9.59 Å². The van der Waals surface area contributed by atoms with E-state index in [1.54, 1.807) is 0 Å². The molecule has 2 amide bonds. The fourth-order valence-electron chi connectivity index (χ4n) is 1.67. The Kier molecular flexibility index (Phi) is 7.53. The van der Waals surface area contributed by atoms with E-state index in [4.69, 9.17) is 16.7 Å². The molecule has 3 N–H and O–H groups in total. The summed E-state index contributed by atoms with van der Waals surface area (Å²) in [5.74, 6) is -6.21. The molecule has 0 saturated carbocycles. The highest BCUT2D eigenvalue weighted by Gasteiger charge is 2.22. The lowest BCUT2D eigenvalue weighted by molar-refractivity contribution is -0.152. The zero-order valence-electron chi connectivity index (χ0n) is 13.8. The van der Waals surface area contributed by atoms with Gasteiger partial charge in [-0.1, -0.05) is 11.6 Å². The molecule has 1 aromatic carbocycles. The van der Waals surface area contributed by atoms with Crippen LogP contribution >= 0.6 is 11.6 Å². The number of ether oxygens (including phenoxy) is 2. The summed E-state index contributed by atoms with van der Waals surface area (Å²) >= 11 is 6.01. The second kappa shape index (κ2) is 9.37. The highest BCUT2D eigenvalue weighted by Crippen LogP contribution is 2.32. The van der Waals surface area contributed by atoms with E-state index in [0.29, 0.717) is 0 Å². The summed E-state index contributed by atoms with van der Waals surface area (Å²) in [4.78, 5) is 57.4.